The van der Waals surface area contributed by atoms with Gasteiger partial charge in [0.15, 0.2) is 0 Å². The normalized spacial score (nSPS) is 19.5. The van der Waals surface area contributed by atoms with Crippen molar-refractivity contribution in [1.82, 2.24) is 0 Å². The Morgan fingerprint density at radius 1 is 1.32 bits per heavy atom. The summed E-state index contributed by atoms with van der Waals surface area (Å²) in [4.78, 5) is 22.2. The molecule has 2 aromatic carbocycles. The topological polar surface area (TPSA) is 96.0 Å². The number of nitrogens with one attached hydrogen (secondary N) is 1. The van der Waals surface area contributed by atoms with Crippen molar-refractivity contribution in [2.75, 3.05) is 5.32 Å². The lowest BCUT2D eigenvalue weighted by molar-refractivity contribution is -0.497. The molecule has 126 valence electrons. The number of anilines is 1. The van der Waals surface area contributed by atoms with E-state index in [-0.39, 0.29) is 12.3 Å². The standard InChI is InChI=1S/C18H14ClN3O3/c19-16-8-12(21-18(23)14-9-17(14)22(24)25)6-7-13(16)15(10-20)11-4-2-1-3-5-11/h1-8,14-15,17H,9H2,(H,21,23)/t14-,15+,17-/m0/s1. The Labute approximate surface area is 149 Å². The zero-order valence-corrected chi connectivity index (χ0v) is 13.8. The van der Waals surface area contributed by atoms with Crippen molar-refractivity contribution in [2.24, 2.45) is 5.92 Å². The fourth-order valence-corrected chi connectivity index (χ4v) is 3.03. The number of amides is 1. The fourth-order valence-electron chi connectivity index (χ4n) is 2.74. The predicted molar refractivity (Wildman–Crippen MR) is 92.9 cm³/mol. The van der Waals surface area contributed by atoms with Gasteiger partial charge in [0, 0.05) is 22.1 Å². The summed E-state index contributed by atoms with van der Waals surface area (Å²) in [5, 5.41) is 23.1. The van der Waals surface area contributed by atoms with E-state index in [1.54, 1.807) is 18.2 Å². The van der Waals surface area contributed by atoms with Crippen molar-refractivity contribution in [3.8, 4) is 6.07 Å². The lowest BCUT2D eigenvalue weighted by Gasteiger charge is -2.13. The van der Waals surface area contributed by atoms with E-state index in [4.69, 9.17) is 11.6 Å². The molecule has 0 unspecified atom stereocenters. The van der Waals surface area contributed by atoms with Crippen molar-refractivity contribution >= 4 is 23.2 Å². The zero-order valence-electron chi connectivity index (χ0n) is 13.1. The molecule has 0 bridgehead atoms. The minimum absolute atomic E-state index is 0.259. The van der Waals surface area contributed by atoms with Gasteiger partial charge >= 0.3 is 0 Å². The first-order chi connectivity index (χ1) is 12.0. The van der Waals surface area contributed by atoms with Gasteiger partial charge in [-0.2, -0.15) is 5.26 Å². The van der Waals surface area contributed by atoms with Crippen LogP contribution in [0.5, 0.6) is 0 Å². The number of carbonyl (C=O) groups is 1. The largest absolute Gasteiger partial charge is 0.326 e. The van der Waals surface area contributed by atoms with E-state index < -0.39 is 22.8 Å². The van der Waals surface area contributed by atoms with Crippen LogP contribution in [0.3, 0.4) is 0 Å². The molecule has 0 saturated heterocycles. The van der Waals surface area contributed by atoms with Gasteiger partial charge < -0.3 is 5.32 Å². The van der Waals surface area contributed by atoms with Crippen LogP contribution in [0.2, 0.25) is 5.02 Å². The highest BCUT2D eigenvalue weighted by Gasteiger charge is 2.53. The van der Waals surface area contributed by atoms with Crippen LogP contribution < -0.4 is 5.32 Å². The Morgan fingerprint density at radius 2 is 2.04 bits per heavy atom. The summed E-state index contributed by atoms with van der Waals surface area (Å²) < 4.78 is 0. The number of rotatable bonds is 5. The fraction of sp³-hybridized carbons (Fsp3) is 0.222. The minimum atomic E-state index is -0.796. The molecule has 2 aromatic rings. The molecule has 1 aliphatic rings. The molecule has 1 N–H and O–H groups in total. The maximum Gasteiger partial charge on any atom is 0.234 e. The third-order valence-corrected chi connectivity index (χ3v) is 4.53. The molecular formula is C18H14ClN3O3. The van der Waals surface area contributed by atoms with E-state index in [9.17, 15) is 20.2 Å². The van der Waals surface area contributed by atoms with E-state index >= 15 is 0 Å². The van der Waals surface area contributed by atoms with Gasteiger partial charge in [-0.1, -0.05) is 48.0 Å². The van der Waals surface area contributed by atoms with E-state index in [0.717, 1.165) is 5.56 Å². The van der Waals surface area contributed by atoms with Gasteiger partial charge in [-0.05, 0) is 23.3 Å². The van der Waals surface area contributed by atoms with E-state index in [2.05, 4.69) is 11.4 Å². The first-order valence-corrected chi connectivity index (χ1v) is 8.07. The summed E-state index contributed by atoms with van der Waals surface area (Å²) in [6.45, 7) is 0. The van der Waals surface area contributed by atoms with Gasteiger partial charge in [0.2, 0.25) is 11.9 Å². The third kappa shape index (κ3) is 3.62. The molecule has 3 rings (SSSR count). The number of carbonyl (C=O) groups excluding carboxylic acids is 1. The summed E-state index contributed by atoms with van der Waals surface area (Å²) >= 11 is 6.30. The Morgan fingerprint density at radius 3 is 2.60 bits per heavy atom. The summed E-state index contributed by atoms with van der Waals surface area (Å²) in [5.74, 6) is -1.49. The molecule has 0 aliphatic heterocycles. The minimum Gasteiger partial charge on any atom is -0.326 e. The number of nitrogens with zero attached hydrogens (tertiary/aromatic N) is 2. The summed E-state index contributed by atoms with van der Waals surface area (Å²) in [6.07, 6.45) is 0.259. The highest BCUT2D eigenvalue weighted by atomic mass is 35.5. The molecule has 0 aromatic heterocycles. The molecule has 1 amide bonds. The quantitative estimate of drug-likeness (QED) is 0.654. The molecule has 0 spiro atoms. The number of benzene rings is 2. The molecular weight excluding hydrogens is 342 g/mol. The van der Waals surface area contributed by atoms with E-state index in [0.29, 0.717) is 16.3 Å². The van der Waals surface area contributed by atoms with Gasteiger partial charge in [0.1, 0.15) is 5.92 Å². The summed E-state index contributed by atoms with van der Waals surface area (Å²) in [5.41, 5.74) is 1.93. The maximum absolute atomic E-state index is 12.0. The predicted octanol–water partition coefficient (Wildman–Crippen LogP) is 3.60. The van der Waals surface area contributed by atoms with E-state index in [1.807, 2.05) is 30.3 Å². The van der Waals surface area contributed by atoms with E-state index in [1.165, 1.54) is 0 Å². The van der Waals surface area contributed by atoms with Crippen LogP contribution >= 0.6 is 11.6 Å². The molecule has 6 nitrogen and oxygen atoms in total. The summed E-state index contributed by atoms with van der Waals surface area (Å²) in [6, 6.07) is 15.6. The van der Waals surface area contributed by atoms with Crippen LogP contribution in [0.4, 0.5) is 5.69 Å². The first kappa shape index (κ1) is 16.9. The molecule has 1 fully saturated rings. The Bertz CT molecular complexity index is 864. The lowest BCUT2D eigenvalue weighted by Crippen LogP contribution is -2.18. The second-order valence-corrected chi connectivity index (χ2v) is 6.30. The molecule has 0 heterocycles. The Kier molecular flexibility index (Phi) is 4.68. The molecule has 3 atom stereocenters. The molecule has 25 heavy (non-hydrogen) atoms. The Hall–Kier alpha value is -2.91. The smallest absolute Gasteiger partial charge is 0.234 e. The molecule has 0 radical (unpaired) electrons. The molecule has 1 aliphatic carbocycles. The number of hydrogen-bond donors (Lipinski definition) is 1. The number of nitro groups is 1. The number of nitriles is 1. The second kappa shape index (κ2) is 6.91. The zero-order chi connectivity index (χ0) is 18.0. The first-order valence-electron chi connectivity index (χ1n) is 7.69. The van der Waals surface area contributed by atoms with Crippen molar-refractivity contribution in [1.29, 1.82) is 5.26 Å². The van der Waals surface area contributed by atoms with Crippen LogP contribution in [0.15, 0.2) is 48.5 Å². The SMILES string of the molecule is N#C[C@H](c1ccccc1)c1ccc(NC(=O)[C@H]2C[C@@H]2[N+](=O)[O-])cc1Cl. The van der Waals surface area contributed by atoms with Crippen molar-refractivity contribution < 1.29 is 9.72 Å². The second-order valence-electron chi connectivity index (χ2n) is 5.89. The number of hydrogen-bond acceptors (Lipinski definition) is 4. The Balaban J connectivity index is 1.76. The van der Waals surface area contributed by atoms with Crippen molar-refractivity contribution in [3.63, 3.8) is 0 Å². The maximum atomic E-state index is 12.0. The highest BCUT2D eigenvalue weighted by Crippen LogP contribution is 2.35. The van der Waals surface area contributed by atoms with Gasteiger partial charge in [-0.3, -0.25) is 14.9 Å². The molecule has 7 heteroatoms. The van der Waals surface area contributed by atoms with Crippen molar-refractivity contribution in [3.05, 3.63) is 74.8 Å². The molecule has 1 saturated carbocycles. The lowest BCUT2D eigenvalue weighted by atomic mass is 9.92. The van der Waals surface area contributed by atoms with Crippen LogP contribution in [0, 0.1) is 27.4 Å². The number of halogens is 1. The average molecular weight is 356 g/mol. The van der Waals surface area contributed by atoms with Gasteiger partial charge in [0.05, 0.1) is 12.0 Å². The van der Waals surface area contributed by atoms with Crippen LogP contribution in [0.25, 0.3) is 0 Å². The van der Waals surface area contributed by atoms with Crippen molar-refractivity contribution in [2.45, 2.75) is 18.4 Å². The van der Waals surface area contributed by atoms with Gasteiger partial charge in [-0.15, -0.1) is 0 Å². The van der Waals surface area contributed by atoms with Gasteiger partial charge in [0.25, 0.3) is 0 Å². The van der Waals surface area contributed by atoms with Crippen LogP contribution in [0.1, 0.15) is 23.5 Å². The van der Waals surface area contributed by atoms with Gasteiger partial charge in [-0.25, -0.2) is 0 Å². The third-order valence-electron chi connectivity index (χ3n) is 4.21. The van der Waals surface area contributed by atoms with Crippen LogP contribution in [-0.2, 0) is 4.79 Å². The average Bonchev–Trinajstić information content (AvgIpc) is 3.39. The highest BCUT2D eigenvalue weighted by molar-refractivity contribution is 6.31. The van der Waals surface area contributed by atoms with Crippen LogP contribution in [-0.4, -0.2) is 16.9 Å². The monoisotopic (exact) mass is 355 g/mol. The summed E-state index contributed by atoms with van der Waals surface area (Å²) in [7, 11) is 0.